The van der Waals surface area contributed by atoms with Crippen molar-refractivity contribution in [3.8, 4) is 0 Å². The fourth-order valence-electron chi connectivity index (χ4n) is 1.91. The van der Waals surface area contributed by atoms with Gasteiger partial charge in [-0.1, -0.05) is 32.0 Å². The molecule has 64 valence electrons. The second kappa shape index (κ2) is 2.81. The predicted molar refractivity (Wildman–Crippen MR) is 52.5 cm³/mol. The first-order chi connectivity index (χ1) is 5.79. The van der Waals surface area contributed by atoms with Gasteiger partial charge in [-0.15, -0.1) is 0 Å². The molecule has 1 aromatic rings. The summed E-state index contributed by atoms with van der Waals surface area (Å²) in [6, 6.07) is 8.62. The smallest absolute Gasteiger partial charge is 0.0376 e. The average molecular weight is 161 g/mol. The molecule has 1 heteroatoms. The lowest BCUT2D eigenvalue weighted by Crippen LogP contribution is -2.08. The zero-order valence-corrected chi connectivity index (χ0v) is 7.67. The Morgan fingerprint density at radius 2 is 2.08 bits per heavy atom. The molecule has 1 atom stereocenters. The van der Waals surface area contributed by atoms with E-state index in [2.05, 4.69) is 43.4 Å². The Morgan fingerprint density at radius 3 is 2.83 bits per heavy atom. The van der Waals surface area contributed by atoms with Gasteiger partial charge >= 0.3 is 0 Å². The molecule has 0 saturated carbocycles. The van der Waals surface area contributed by atoms with Gasteiger partial charge in [-0.05, 0) is 17.5 Å². The van der Waals surface area contributed by atoms with Gasteiger partial charge in [0.15, 0.2) is 0 Å². The van der Waals surface area contributed by atoms with E-state index in [1.807, 2.05) is 0 Å². The van der Waals surface area contributed by atoms with E-state index in [1.54, 1.807) is 0 Å². The molecule has 0 bridgehead atoms. The molecule has 1 nitrogen and oxygen atoms in total. The van der Waals surface area contributed by atoms with Gasteiger partial charge in [0.25, 0.3) is 0 Å². The summed E-state index contributed by atoms with van der Waals surface area (Å²) >= 11 is 0. The van der Waals surface area contributed by atoms with Gasteiger partial charge in [0.2, 0.25) is 0 Å². The summed E-state index contributed by atoms with van der Waals surface area (Å²) in [5.41, 5.74) is 2.82. The van der Waals surface area contributed by atoms with Crippen LogP contribution in [0.2, 0.25) is 0 Å². The van der Waals surface area contributed by atoms with Crippen LogP contribution >= 0.6 is 0 Å². The summed E-state index contributed by atoms with van der Waals surface area (Å²) in [5.74, 6) is 1.45. The van der Waals surface area contributed by atoms with E-state index in [1.165, 1.54) is 11.3 Å². The van der Waals surface area contributed by atoms with Crippen molar-refractivity contribution in [2.24, 2.45) is 5.92 Å². The molecule has 0 radical (unpaired) electrons. The molecule has 2 rings (SSSR count). The van der Waals surface area contributed by atoms with Crippen molar-refractivity contribution < 1.29 is 0 Å². The Bertz CT molecular complexity index is 278. The van der Waals surface area contributed by atoms with E-state index in [-0.39, 0.29) is 0 Å². The molecule has 1 unspecified atom stereocenters. The highest BCUT2D eigenvalue weighted by Crippen LogP contribution is 2.35. The molecule has 1 aliphatic heterocycles. The first-order valence-electron chi connectivity index (χ1n) is 4.62. The van der Waals surface area contributed by atoms with Crippen LogP contribution in [0.15, 0.2) is 24.3 Å². The summed E-state index contributed by atoms with van der Waals surface area (Å²) in [7, 11) is 0. The zero-order chi connectivity index (χ0) is 8.55. The lowest BCUT2D eigenvalue weighted by atomic mass is 9.90. The number of nitrogens with one attached hydrogen (secondary N) is 1. The molecule has 0 fully saturated rings. The third-order valence-corrected chi connectivity index (χ3v) is 2.68. The highest BCUT2D eigenvalue weighted by molar-refractivity contribution is 5.57. The van der Waals surface area contributed by atoms with Crippen LogP contribution in [0.3, 0.4) is 0 Å². The van der Waals surface area contributed by atoms with E-state index in [9.17, 15) is 0 Å². The van der Waals surface area contributed by atoms with Crippen molar-refractivity contribution in [3.63, 3.8) is 0 Å². The minimum atomic E-state index is 0.709. The number of benzene rings is 1. The van der Waals surface area contributed by atoms with Crippen LogP contribution in [0, 0.1) is 5.92 Å². The van der Waals surface area contributed by atoms with Crippen molar-refractivity contribution in [2.45, 2.75) is 19.8 Å². The molecule has 1 aromatic carbocycles. The number of rotatable bonds is 1. The van der Waals surface area contributed by atoms with Crippen molar-refractivity contribution in [3.05, 3.63) is 29.8 Å². The summed E-state index contributed by atoms with van der Waals surface area (Å²) < 4.78 is 0. The highest BCUT2D eigenvalue weighted by atomic mass is 14.9. The second-order valence-electron chi connectivity index (χ2n) is 3.82. The van der Waals surface area contributed by atoms with E-state index >= 15 is 0 Å². The number of anilines is 1. The van der Waals surface area contributed by atoms with E-state index in [4.69, 9.17) is 0 Å². The topological polar surface area (TPSA) is 12.0 Å². The van der Waals surface area contributed by atoms with Gasteiger partial charge in [0.05, 0.1) is 0 Å². The molecule has 0 aliphatic carbocycles. The van der Waals surface area contributed by atoms with Gasteiger partial charge in [-0.2, -0.15) is 0 Å². The van der Waals surface area contributed by atoms with E-state index < -0.39 is 0 Å². The summed E-state index contributed by atoms with van der Waals surface area (Å²) in [6.45, 7) is 5.68. The van der Waals surface area contributed by atoms with Gasteiger partial charge in [-0.25, -0.2) is 0 Å². The number of hydrogen-bond acceptors (Lipinski definition) is 1. The quantitative estimate of drug-likeness (QED) is 0.667. The molecule has 1 heterocycles. The predicted octanol–water partition coefficient (Wildman–Crippen LogP) is 2.85. The van der Waals surface area contributed by atoms with Gasteiger partial charge < -0.3 is 5.32 Å². The number of fused-ring (bicyclic) bond motifs is 1. The number of para-hydroxylation sites is 1. The fourth-order valence-corrected chi connectivity index (χ4v) is 1.91. The van der Waals surface area contributed by atoms with Crippen LogP contribution in [-0.4, -0.2) is 6.54 Å². The first kappa shape index (κ1) is 7.66. The van der Waals surface area contributed by atoms with E-state index in [0.29, 0.717) is 5.92 Å². The molecule has 0 aromatic heterocycles. The molecule has 0 amide bonds. The maximum atomic E-state index is 3.43. The molecule has 1 aliphatic rings. The van der Waals surface area contributed by atoms with Gasteiger partial charge in [-0.3, -0.25) is 0 Å². The van der Waals surface area contributed by atoms with Crippen molar-refractivity contribution in [2.75, 3.05) is 11.9 Å². The Morgan fingerprint density at radius 1 is 1.33 bits per heavy atom. The molecule has 0 spiro atoms. The van der Waals surface area contributed by atoms with Crippen LogP contribution in [-0.2, 0) is 0 Å². The van der Waals surface area contributed by atoms with E-state index in [0.717, 1.165) is 12.5 Å². The van der Waals surface area contributed by atoms with Crippen LogP contribution in [0.5, 0.6) is 0 Å². The first-order valence-corrected chi connectivity index (χ1v) is 4.62. The summed E-state index contributed by atoms with van der Waals surface area (Å²) in [6.07, 6.45) is 0. The Kier molecular flexibility index (Phi) is 1.80. The lowest BCUT2D eigenvalue weighted by Gasteiger charge is -2.13. The van der Waals surface area contributed by atoms with Crippen LogP contribution < -0.4 is 5.32 Å². The van der Waals surface area contributed by atoms with Crippen molar-refractivity contribution >= 4 is 5.69 Å². The Hall–Kier alpha value is -0.980. The second-order valence-corrected chi connectivity index (χ2v) is 3.82. The van der Waals surface area contributed by atoms with Crippen LogP contribution in [0.1, 0.15) is 25.3 Å². The van der Waals surface area contributed by atoms with Crippen LogP contribution in [0.4, 0.5) is 5.69 Å². The minimum Gasteiger partial charge on any atom is -0.384 e. The third-order valence-electron chi connectivity index (χ3n) is 2.68. The zero-order valence-electron chi connectivity index (χ0n) is 7.67. The fraction of sp³-hybridized carbons (Fsp3) is 0.455. The maximum absolute atomic E-state index is 3.43. The average Bonchev–Trinajstić information content (AvgIpc) is 2.47. The minimum absolute atomic E-state index is 0.709. The molecule has 1 N–H and O–H groups in total. The summed E-state index contributed by atoms with van der Waals surface area (Å²) in [5, 5.41) is 3.43. The SMILES string of the molecule is CC(C)C1CNc2ccccc21. The third kappa shape index (κ3) is 1.09. The normalized spacial score (nSPS) is 20.8. The lowest BCUT2D eigenvalue weighted by molar-refractivity contribution is 0.533. The largest absolute Gasteiger partial charge is 0.384 e. The summed E-state index contributed by atoms with van der Waals surface area (Å²) in [4.78, 5) is 0. The molecular weight excluding hydrogens is 146 g/mol. The van der Waals surface area contributed by atoms with Gasteiger partial charge in [0.1, 0.15) is 0 Å². The maximum Gasteiger partial charge on any atom is 0.0376 e. The Labute approximate surface area is 73.8 Å². The standard InChI is InChI=1S/C11H15N/c1-8(2)10-7-12-11-6-4-3-5-9(10)11/h3-6,8,10,12H,7H2,1-2H3. The molecule has 12 heavy (non-hydrogen) atoms. The van der Waals surface area contributed by atoms with Crippen LogP contribution in [0.25, 0.3) is 0 Å². The van der Waals surface area contributed by atoms with Crippen molar-refractivity contribution in [1.82, 2.24) is 0 Å². The van der Waals surface area contributed by atoms with Crippen molar-refractivity contribution in [1.29, 1.82) is 0 Å². The molecular formula is C11H15N. The highest BCUT2D eigenvalue weighted by Gasteiger charge is 2.23. The monoisotopic (exact) mass is 161 g/mol. The van der Waals surface area contributed by atoms with Gasteiger partial charge in [0, 0.05) is 18.2 Å². The number of hydrogen-bond donors (Lipinski definition) is 1. The molecule has 0 saturated heterocycles. The Balaban J connectivity index is 2.36.